The second-order valence-corrected chi connectivity index (χ2v) is 3.10. The fourth-order valence-corrected chi connectivity index (χ4v) is 1.08. The van der Waals surface area contributed by atoms with E-state index in [4.69, 9.17) is 10.2 Å². The van der Waals surface area contributed by atoms with Crippen molar-refractivity contribution in [2.24, 2.45) is 0 Å². The molecule has 0 fully saturated rings. The summed E-state index contributed by atoms with van der Waals surface area (Å²) in [7, 11) is 0. The zero-order chi connectivity index (χ0) is 11.7. The highest BCUT2D eigenvalue weighted by molar-refractivity contribution is 5.75. The molecule has 0 radical (unpaired) electrons. The molecule has 0 aliphatic rings. The molecule has 15 heavy (non-hydrogen) atoms. The van der Waals surface area contributed by atoms with Crippen LogP contribution in [0.3, 0.4) is 0 Å². The average Bonchev–Trinajstić information content (AvgIpc) is 2.16. The molecule has 6 nitrogen and oxygen atoms in total. The molecule has 88 valence electrons. The molecule has 0 aromatic rings. The van der Waals surface area contributed by atoms with Gasteiger partial charge in [-0.3, -0.25) is 14.5 Å². The predicted octanol–water partition coefficient (Wildman–Crippen LogP) is -1.11. The lowest BCUT2D eigenvalue weighted by molar-refractivity contribution is -0.138. The Bertz CT molecular complexity index is 208. The summed E-state index contributed by atoms with van der Waals surface area (Å²) in [5.74, 6) is -1.00. The Morgan fingerprint density at radius 1 is 1.33 bits per heavy atom. The quantitative estimate of drug-likeness (QED) is 0.481. The maximum Gasteiger partial charge on any atom is 0.317 e. The van der Waals surface area contributed by atoms with Crippen LogP contribution < -0.4 is 5.32 Å². The Kier molecular flexibility index (Phi) is 7.57. The summed E-state index contributed by atoms with van der Waals surface area (Å²) in [4.78, 5) is 22.9. The first-order valence-electron chi connectivity index (χ1n) is 4.91. The number of nitrogens with zero attached hydrogens (tertiary/aromatic N) is 1. The molecular weight excluding hydrogens is 200 g/mol. The third kappa shape index (κ3) is 7.90. The van der Waals surface area contributed by atoms with E-state index in [0.29, 0.717) is 26.1 Å². The van der Waals surface area contributed by atoms with Crippen molar-refractivity contribution in [1.82, 2.24) is 10.2 Å². The molecule has 0 unspecified atom stereocenters. The number of carbonyl (C=O) groups excluding carboxylic acids is 1. The van der Waals surface area contributed by atoms with E-state index in [-0.39, 0.29) is 19.1 Å². The van der Waals surface area contributed by atoms with E-state index in [0.717, 1.165) is 0 Å². The van der Waals surface area contributed by atoms with E-state index in [9.17, 15) is 9.59 Å². The van der Waals surface area contributed by atoms with E-state index >= 15 is 0 Å². The van der Waals surface area contributed by atoms with Crippen LogP contribution in [0.4, 0.5) is 0 Å². The summed E-state index contributed by atoms with van der Waals surface area (Å²) in [5, 5.41) is 19.9. The Hall–Kier alpha value is -1.14. The summed E-state index contributed by atoms with van der Waals surface area (Å²) in [6.07, 6.45) is 0.416. The molecular formula is C9H18N2O4. The first-order valence-corrected chi connectivity index (χ1v) is 4.91. The summed E-state index contributed by atoms with van der Waals surface area (Å²) >= 11 is 0. The SMILES string of the molecule is CCC(=O)NCCN(CCO)CC(=O)O. The summed E-state index contributed by atoms with van der Waals surface area (Å²) < 4.78 is 0. The Morgan fingerprint density at radius 3 is 2.47 bits per heavy atom. The molecule has 1 amide bonds. The Balaban J connectivity index is 3.74. The number of aliphatic hydroxyl groups is 1. The fourth-order valence-electron chi connectivity index (χ4n) is 1.08. The van der Waals surface area contributed by atoms with Gasteiger partial charge in [-0.05, 0) is 0 Å². The minimum absolute atomic E-state index is 0.0609. The minimum Gasteiger partial charge on any atom is -0.480 e. The van der Waals surface area contributed by atoms with Crippen molar-refractivity contribution >= 4 is 11.9 Å². The Morgan fingerprint density at radius 2 is 2.00 bits per heavy atom. The highest BCUT2D eigenvalue weighted by Crippen LogP contribution is 1.86. The van der Waals surface area contributed by atoms with Gasteiger partial charge in [0.25, 0.3) is 0 Å². The summed E-state index contributed by atoms with van der Waals surface area (Å²) in [5.41, 5.74) is 0. The molecule has 3 N–H and O–H groups in total. The number of hydrogen-bond donors (Lipinski definition) is 3. The molecule has 0 saturated heterocycles. The molecule has 0 aliphatic carbocycles. The van der Waals surface area contributed by atoms with E-state index < -0.39 is 5.97 Å². The number of amides is 1. The van der Waals surface area contributed by atoms with Gasteiger partial charge >= 0.3 is 5.97 Å². The minimum atomic E-state index is -0.940. The lowest BCUT2D eigenvalue weighted by Gasteiger charge is -2.18. The van der Waals surface area contributed by atoms with E-state index in [2.05, 4.69) is 5.32 Å². The van der Waals surface area contributed by atoms with Crippen LogP contribution in [-0.2, 0) is 9.59 Å². The highest BCUT2D eigenvalue weighted by atomic mass is 16.4. The number of aliphatic hydroxyl groups excluding tert-OH is 1. The van der Waals surface area contributed by atoms with Gasteiger partial charge in [0.05, 0.1) is 13.2 Å². The van der Waals surface area contributed by atoms with Gasteiger partial charge in [0, 0.05) is 26.1 Å². The molecule has 0 spiro atoms. The molecule has 0 heterocycles. The van der Waals surface area contributed by atoms with Gasteiger partial charge in [0.15, 0.2) is 0 Å². The zero-order valence-electron chi connectivity index (χ0n) is 8.90. The maximum absolute atomic E-state index is 10.9. The second-order valence-electron chi connectivity index (χ2n) is 3.10. The number of carbonyl (C=O) groups is 2. The zero-order valence-corrected chi connectivity index (χ0v) is 8.90. The maximum atomic E-state index is 10.9. The van der Waals surface area contributed by atoms with Gasteiger partial charge in [-0.25, -0.2) is 0 Å². The van der Waals surface area contributed by atoms with Crippen LogP contribution in [-0.4, -0.2) is 59.8 Å². The number of hydrogen-bond acceptors (Lipinski definition) is 4. The van der Waals surface area contributed by atoms with Gasteiger partial charge in [-0.2, -0.15) is 0 Å². The van der Waals surface area contributed by atoms with E-state index in [1.54, 1.807) is 11.8 Å². The fraction of sp³-hybridized carbons (Fsp3) is 0.778. The molecule has 0 rings (SSSR count). The van der Waals surface area contributed by atoms with Crippen LogP contribution in [0.15, 0.2) is 0 Å². The van der Waals surface area contributed by atoms with Crippen LogP contribution in [0.25, 0.3) is 0 Å². The monoisotopic (exact) mass is 218 g/mol. The first kappa shape index (κ1) is 13.9. The normalized spacial score (nSPS) is 10.3. The smallest absolute Gasteiger partial charge is 0.317 e. The van der Waals surface area contributed by atoms with Crippen LogP contribution in [0, 0.1) is 0 Å². The van der Waals surface area contributed by atoms with Crippen molar-refractivity contribution in [1.29, 1.82) is 0 Å². The number of carboxylic acids is 1. The molecule has 0 atom stereocenters. The van der Waals surface area contributed by atoms with Gasteiger partial charge in [-0.1, -0.05) is 6.92 Å². The van der Waals surface area contributed by atoms with Crippen LogP contribution >= 0.6 is 0 Å². The van der Waals surface area contributed by atoms with Crippen molar-refractivity contribution in [2.45, 2.75) is 13.3 Å². The van der Waals surface area contributed by atoms with Crippen molar-refractivity contribution < 1.29 is 19.8 Å². The number of carboxylic acid groups (broad SMARTS) is 1. The van der Waals surface area contributed by atoms with Gasteiger partial charge < -0.3 is 15.5 Å². The lowest BCUT2D eigenvalue weighted by atomic mass is 10.4. The van der Waals surface area contributed by atoms with E-state index in [1.165, 1.54) is 0 Å². The summed E-state index contributed by atoms with van der Waals surface area (Å²) in [6.45, 7) is 2.67. The topological polar surface area (TPSA) is 89.9 Å². The van der Waals surface area contributed by atoms with Crippen molar-refractivity contribution in [2.75, 3.05) is 32.8 Å². The number of nitrogens with one attached hydrogen (secondary N) is 1. The number of rotatable bonds is 8. The molecule has 0 aromatic heterocycles. The van der Waals surface area contributed by atoms with Crippen molar-refractivity contribution in [3.63, 3.8) is 0 Å². The third-order valence-electron chi connectivity index (χ3n) is 1.85. The van der Waals surface area contributed by atoms with E-state index in [1.807, 2.05) is 0 Å². The molecule has 0 saturated carbocycles. The molecule has 6 heteroatoms. The first-order chi connectivity index (χ1) is 7.10. The van der Waals surface area contributed by atoms with Crippen LogP contribution in [0.2, 0.25) is 0 Å². The lowest BCUT2D eigenvalue weighted by Crippen LogP contribution is -2.38. The number of aliphatic carboxylic acids is 1. The molecule has 0 aromatic carbocycles. The highest BCUT2D eigenvalue weighted by Gasteiger charge is 2.08. The van der Waals surface area contributed by atoms with Crippen molar-refractivity contribution in [3.05, 3.63) is 0 Å². The third-order valence-corrected chi connectivity index (χ3v) is 1.85. The second kappa shape index (κ2) is 8.19. The average molecular weight is 218 g/mol. The van der Waals surface area contributed by atoms with Gasteiger partial charge in [0.2, 0.25) is 5.91 Å². The predicted molar refractivity (Wildman–Crippen MR) is 54.5 cm³/mol. The Labute approximate surface area is 88.9 Å². The van der Waals surface area contributed by atoms with Crippen LogP contribution in [0.5, 0.6) is 0 Å². The summed E-state index contributed by atoms with van der Waals surface area (Å²) in [6, 6.07) is 0. The van der Waals surface area contributed by atoms with Crippen molar-refractivity contribution in [3.8, 4) is 0 Å². The molecule has 0 bridgehead atoms. The van der Waals surface area contributed by atoms with Crippen LogP contribution in [0.1, 0.15) is 13.3 Å². The standard InChI is InChI=1S/C9H18N2O4/c1-2-8(13)10-3-4-11(5-6-12)7-9(14)15/h12H,2-7H2,1H3,(H,10,13)(H,14,15). The largest absolute Gasteiger partial charge is 0.480 e. The van der Waals surface area contributed by atoms with Gasteiger partial charge in [-0.15, -0.1) is 0 Å². The van der Waals surface area contributed by atoms with Gasteiger partial charge in [0.1, 0.15) is 0 Å². The molecule has 0 aliphatic heterocycles.